The summed E-state index contributed by atoms with van der Waals surface area (Å²) in [6.07, 6.45) is 4.97. The molecule has 2 aromatic rings. The number of nitrogens with one attached hydrogen (secondary N) is 1. The quantitative estimate of drug-likeness (QED) is 0.570. The maximum Gasteiger partial charge on any atom is 0.534 e. The summed E-state index contributed by atoms with van der Waals surface area (Å²) in [6, 6.07) is 10.1. The van der Waals surface area contributed by atoms with E-state index in [4.69, 9.17) is 4.74 Å². The summed E-state index contributed by atoms with van der Waals surface area (Å²) < 4.78 is 70.0. The van der Waals surface area contributed by atoms with Crippen molar-refractivity contribution in [2.24, 2.45) is 4.99 Å². The Labute approximate surface area is 159 Å². The smallest absolute Gasteiger partial charge is 0.487 e. The van der Waals surface area contributed by atoms with Gasteiger partial charge in [-0.1, -0.05) is 30.3 Å². The van der Waals surface area contributed by atoms with Gasteiger partial charge in [-0.15, -0.1) is 0 Å². The molecule has 0 amide bonds. The van der Waals surface area contributed by atoms with E-state index in [1.807, 2.05) is 30.3 Å². The van der Waals surface area contributed by atoms with Crippen molar-refractivity contribution >= 4 is 21.9 Å². The van der Waals surface area contributed by atoms with Crippen molar-refractivity contribution in [1.29, 1.82) is 0 Å². The number of nitrogens with zero attached hydrogens (tertiary/aromatic N) is 1. The lowest BCUT2D eigenvalue weighted by Gasteiger charge is -2.07. The molecule has 10 heteroatoms. The van der Waals surface area contributed by atoms with Crippen molar-refractivity contribution in [3.8, 4) is 11.6 Å². The van der Waals surface area contributed by atoms with Gasteiger partial charge in [-0.2, -0.15) is 21.6 Å². The number of H-pyrrole nitrogens is 1. The normalized spacial score (nSPS) is 15.7. The number of benzene rings is 1. The molecule has 28 heavy (non-hydrogen) atoms. The molecule has 6 nitrogen and oxygen atoms in total. The molecule has 0 atom stereocenters. The van der Waals surface area contributed by atoms with E-state index in [2.05, 4.69) is 14.2 Å². The molecule has 0 unspecified atom stereocenters. The Morgan fingerprint density at radius 3 is 2.50 bits per heavy atom. The van der Waals surface area contributed by atoms with Gasteiger partial charge in [-0.25, -0.2) is 0 Å². The largest absolute Gasteiger partial charge is 0.534 e. The Balaban J connectivity index is 1.90. The van der Waals surface area contributed by atoms with Gasteiger partial charge in [0, 0.05) is 11.8 Å². The van der Waals surface area contributed by atoms with Crippen LogP contribution in [-0.4, -0.2) is 24.6 Å². The van der Waals surface area contributed by atoms with Gasteiger partial charge < -0.3 is 13.9 Å². The second kappa shape index (κ2) is 7.55. The molecule has 1 aromatic heterocycles. The molecule has 1 aliphatic heterocycles. The van der Waals surface area contributed by atoms with Crippen LogP contribution >= 0.6 is 0 Å². The van der Waals surface area contributed by atoms with E-state index in [0.29, 0.717) is 5.70 Å². The molecular weight excluding hydrogens is 397 g/mol. The standard InChI is InChI=1S/C18H15F3N2O4S/c1-12-7-8-14(22-12)9-15-16(26-11-13-5-3-2-4-6-13)10-17(23-15)27-28(24,25)18(19,20)21/h2-10,23H,11H2,1H3. The van der Waals surface area contributed by atoms with Gasteiger partial charge in [-0.3, -0.25) is 4.99 Å². The lowest BCUT2D eigenvalue weighted by molar-refractivity contribution is -0.0501. The van der Waals surface area contributed by atoms with E-state index in [9.17, 15) is 21.6 Å². The number of aromatic amines is 1. The number of hydrogen-bond acceptors (Lipinski definition) is 5. The zero-order valence-corrected chi connectivity index (χ0v) is 15.3. The third kappa shape index (κ3) is 4.63. The molecule has 1 N–H and O–H groups in total. The van der Waals surface area contributed by atoms with E-state index < -0.39 is 21.5 Å². The van der Waals surface area contributed by atoms with Gasteiger partial charge in [0.25, 0.3) is 0 Å². The molecule has 2 heterocycles. The van der Waals surface area contributed by atoms with Crippen molar-refractivity contribution in [3.63, 3.8) is 0 Å². The Morgan fingerprint density at radius 2 is 1.89 bits per heavy atom. The average Bonchev–Trinajstić information content (AvgIpc) is 3.18. The van der Waals surface area contributed by atoms with E-state index >= 15 is 0 Å². The zero-order valence-electron chi connectivity index (χ0n) is 14.5. The molecule has 1 aliphatic rings. The topological polar surface area (TPSA) is 80.8 Å². The summed E-state index contributed by atoms with van der Waals surface area (Å²) in [5, 5.41) is 0. The molecule has 0 aliphatic carbocycles. The monoisotopic (exact) mass is 412 g/mol. The predicted octanol–water partition coefficient (Wildman–Crippen LogP) is 4.19. The number of alkyl halides is 3. The van der Waals surface area contributed by atoms with Gasteiger partial charge in [0.05, 0.1) is 11.4 Å². The maximum atomic E-state index is 12.6. The van der Waals surface area contributed by atoms with Gasteiger partial charge in [0.1, 0.15) is 12.4 Å². The van der Waals surface area contributed by atoms with Gasteiger partial charge in [0.15, 0.2) is 0 Å². The number of aliphatic imine (C=N–C) groups is 1. The third-order valence-corrected chi connectivity index (χ3v) is 4.56. The van der Waals surface area contributed by atoms with Crippen LogP contribution in [0, 0.1) is 0 Å². The van der Waals surface area contributed by atoms with Crippen LogP contribution < -0.4 is 8.92 Å². The van der Waals surface area contributed by atoms with Gasteiger partial charge in [0.2, 0.25) is 5.88 Å². The van der Waals surface area contributed by atoms with Crippen LogP contribution in [-0.2, 0) is 16.7 Å². The lowest BCUT2D eigenvalue weighted by atomic mass is 10.2. The molecule has 0 saturated heterocycles. The van der Waals surface area contributed by atoms with Crippen LogP contribution in [0.2, 0.25) is 0 Å². The van der Waals surface area contributed by atoms with E-state index in [1.54, 1.807) is 19.1 Å². The Bertz CT molecular complexity index is 1050. The maximum absolute atomic E-state index is 12.6. The first-order valence-corrected chi connectivity index (χ1v) is 9.40. The summed E-state index contributed by atoms with van der Waals surface area (Å²) in [5.74, 6) is -0.494. The summed E-state index contributed by atoms with van der Waals surface area (Å²) >= 11 is 0. The highest BCUT2D eigenvalue weighted by atomic mass is 32.2. The first-order chi connectivity index (χ1) is 13.1. The third-order valence-electron chi connectivity index (χ3n) is 3.60. The number of halogens is 3. The molecule has 0 bridgehead atoms. The molecular formula is C18H15F3N2O4S. The fraction of sp³-hybridized carbons (Fsp3) is 0.167. The van der Waals surface area contributed by atoms with Crippen molar-refractivity contribution < 1.29 is 30.5 Å². The fourth-order valence-corrected chi connectivity index (χ4v) is 2.73. The summed E-state index contributed by atoms with van der Waals surface area (Å²) in [5.41, 5.74) is -3.23. The molecule has 148 valence electrons. The van der Waals surface area contributed by atoms with Crippen LogP contribution in [0.15, 0.2) is 59.2 Å². The minimum atomic E-state index is -5.81. The Hall–Kier alpha value is -3.01. The highest BCUT2D eigenvalue weighted by molar-refractivity contribution is 7.87. The number of rotatable bonds is 6. The molecule has 0 saturated carbocycles. The first-order valence-electron chi connectivity index (χ1n) is 7.99. The van der Waals surface area contributed by atoms with Crippen LogP contribution in [0.5, 0.6) is 11.6 Å². The van der Waals surface area contributed by atoms with E-state index in [-0.39, 0.29) is 18.1 Å². The molecule has 0 fully saturated rings. The number of ether oxygens (including phenoxy) is 1. The Morgan fingerprint density at radius 1 is 1.18 bits per heavy atom. The van der Waals surface area contributed by atoms with E-state index in [1.165, 1.54) is 6.08 Å². The minimum absolute atomic E-state index is 0.122. The number of aromatic nitrogens is 1. The minimum Gasteiger partial charge on any atom is -0.487 e. The van der Waals surface area contributed by atoms with Crippen LogP contribution in [0.3, 0.4) is 0 Å². The highest BCUT2D eigenvalue weighted by Gasteiger charge is 2.49. The molecule has 0 spiro atoms. The van der Waals surface area contributed by atoms with E-state index in [0.717, 1.165) is 17.3 Å². The van der Waals surface area contributed by atoms with Gasteiger partial charge >= 0.3 is 15.6 Å². The predicted molar refractivity (Wildman–Crippen MR) is 97.4 cm³/mol. The summed E-state index contributed by atoms with van der Waals surface area (Å²) in [7, 11) is -5.81. The number of allylic oxidation sites excluding steroid dienone is 2. The van der Waals surface area contributed by atoms with Crippen molar-refractivity contribution in [2.75, 3.05) is 0 Å². The van der Waals surface area contributed by atoms with Gasteiger partial charge in [-0.05, 0) is 30.7 Å². The van der Waals surface area contributed by atoms with Crippen LogP contribution in [0.25, 0.3) is 6.08 Å². The second-order valence-electron chi connectivity index (χ2n) is 5.82. The number of hydrogen-bond donors (Lipinski definition) is 1. The lowest BCUT2D eigenvalue weighted by Crippen LogP contribution is -2.28. The van der Waals surface area contributed by atoms with Crippen LogP contribution in [0.4, 0.5) is 13.2 Å². The molecule has 3 rings (SSSR count). The Kier molecular flexibility index (Phi) is 5.32. The summed E-state index contributed by atoms with van der Waals surface area (Å²) in [4.78, 5) is 6.70. The van der Waals surface area contributed by atoms with Crippen molar-refractivity contribution in [1.82, 2.24) is 4.98 Å². The zero-order chi connectivity index (χ0) is 20.4. The SMILES string of the molecule is CC1=NC(=Cc2[nH]c(OS(=O)(=O)C(F)(F)F)cc2OCc2ccccc2)C=C1. The fourth-order valence-electron chi connectivity index (χ4n) is 2.31. The second-order valence-corrected chi connectivity index (χ2v) is 7.36. The van der Waals surface area contributed by atoms with Crippen molar-refractivity contribution in [2.45, 2.75) is 19.0 Å². The van der Waals surface area contributed by atoms with Crippen molar-refractivity contribution in [3.05, 3.63) is 65.5 Å². The molecule has 0 radical (unpaired) electrons. The first kappa shape index (κ1) is 19.7. The van der Waals surface area contributed by atoms with Crippen LogP contribution in [0.1, 0.15) is 18.2 Å². The average molecular weight is 412 g/mol. The highest BCUT2D eigenvalue weighted by Crippen LogP contribution is 2.32. The molecule has 1 aromatic carbocycles. The summed E-state index contributed by atoms with van der Waals surface area (Å²) in [6.45, 7) is 1.90.